The lowest BCUT2D eigenvalue weighted by atomic mass is 10.1. The van der Waals surface area contributed by atoms with Crippen molar-refractivity contribution >= 4 is 22.0 Å². The van der Waals surface area contributed by atoms with E-state index in [1.54, 1.807) is 24.3 Å². The van der Waals surface area contributed by atoms with Crippen molar-refractivity contribution in [2.24, 2.45) is 0 Å². The van der Waals surface area contributed by atoms with E-state index in [-0.39, 0.29) is 36.0 Å². The average Bonchev–Trinajstić information content (AvgIpc) is 2.76. The molecule has 0 aliphatic rings. The summed E-state index contributed by atoms with van der Waals surface area (Å²) in [5.41, 5.74) is 0.937. The molecule has 9 nitrogen and oxygen atoms in total. The van der Waals surface area contributed by atoms with Crippen LogP contribution in [0, 0.1) is 0 Å². The third-order valence-electron chi connectivity index (χ3n) is 4.01. The number of esters is 2. The van der Waals surface area contributed by atoms with Gasteiger partial charge in [0.2, 0.25) is 10.0 Å². The Balaban J connectivity index is 2.17. The van der Waals surface area contributed by atoms with Crippen LogP contribution in [0.1, 0.15) is 26.3 Å². The zero-order valence-electron chi connectivity index (χ0n) is 16.8. The Kier molecular flexibility index (Phi) is 8.34. The predicted octanol–water partition coefficient (Wildman–Crippen LogP) is 1.76. The lowest BCUT2D eigenvalue weighted by Gasteiger charge is -2.12. The number of ether oxygens (including phenoxy) is 4. The first-order valence-electron chi connectivity index (χ1n) is 8.83. The Labute approximate surface area is 174 Å². The maximum atomic E-state index is 12.5. The molecule has 0 unspecified atom stereocenters. The lowest BCUT2D eigenvalue weighted by molar-refractivity contribution is 0.0472. The Morgan fingerprint density at radius 1 is 0.967 bits per heavy atom. The van der Waals surface area contributed by atoms with Gasteiger partial charge in [-0.15, -0.1) is 0 Å². The monoisotopic (exact) mass is 437 g/mol. The quantitative estimate of drug-likeness (QED) is 0.441. The summed E-state index contributed by atoms with van der Waals surface area (Å²) >= 11 is 0. The van der Waals surface area contributed by atoms with Crippen LogP contribution in [0.4, 0.5) is 0 Å². The summed E-state index contributed by atoms with van der Waals surface area (Å²) in [4.78, 5) is 23.8. The van der Waals surface area contributed by atoms with Gasteiger partial charge < -0.3 is 18.9 Å². The van der Waals surface area contributed by atoms with Crippen molar-refractivity contribution in [3.05, 3.63) is 59.2 Å². The summed E-state index contributed by atoms with van der Waals surface area (Å²) < 4.78 is 47.3. The molecule has 10 heteroatoms. The van der Waals surface area contributed by atoms with Gasteiger partial charge in [-0.05, 0) is 35.9 Å². The van der Waals surface area contributed by atoms with E-state index in [0.29, 0.717) is 11.1 Å². The molecule has 0 aliphatic carbocycles. The van der Waals surface area contributed by atoms with Crippen LogP contribution in [-0.4, -0.2) is 54.8 Å². The number of nitrogens with one attached hydrogen (secondary N) is 1. The normalized spacial score (nSPS) is 11.0. The van der Waals surface area contributed by atoms with Crippen LogP contribution in [0.15, 0.2) is 47.4 Å². The van der Waals surface area contributed by atoms with E-state index in [9.17, 15) is 18.0 Å². The van der Waals surface area contributed by atoms with E-state index >= 15 is 0 Å². The molecule has 0 atom stereocenters. The second kappa shape index (κ2) is 10.7. The summed E-state index contributed by atoms with van der Waals surface area (Å²) in [6.07, 6.45) is 0. The van der Waals surface area contributed by atoms with Crippen LogP contribution < -0.4 is 9.46 Å². The molecule has 30 heavy (non-hydrogen) atoms. The van der Waals surface area contributed by atoms with Crippen molar-refractivity contribution in [1.82, 2.24) is 4.72 Å². The van der Waals surface area contributed by atoms with Gasteiger partial charge in [0.15, 0.2) is 0 Å². The van der Waals surface area contributed by atoms with Crippen LogP contribution in [0.25, 0.3) is 0 Å². The van der Waals surface area contributed by atoms with E-state index in [4.69, 9.17) is 14.2 Å². The van der Waals surface area contributed by atoms with Gasteiger partial charge in [0.25, 0.3) is 0 Å². The van der Waals surface area contributed by atoms with E-state index < -0.39 is 22.0 Å². The second-order valence-electron chi connectivity index (χ2n) is 6.02. The predicted molar refractivity (Wildman–Crippen MR) is 107 cm³/mol. The number of carbonyl (C=O) groups is 2. The van der Waals surface area contributed by atoms with Crippen LogP contribution in [0.3, 0.4) is 0 Å². The summed E-state index contributed by atoms with van der Waals surface area (Å²) in [5.74, 6) is -1.15. The van der Waals surface area contributed by atoms with Gasteiger partial charge >= 0.3 is 11.9 Å². The maximum Gasteiger partial charge on any atom is 0.338 e. The van der Waals surface area contributed by atoms with Crippen molar-refractivity contribution in [2.75, 3.05) is 34.5 Å². The molecule has 0 aliphatic heterocycles. The minimum atomic E-state index is -3.93. The van der Waals surface area contributed by atoms with Crippen molar-refractivity contribution in [3.8, 4) is 5.75 Å². The van der Waals surface area contributed by atoms with Crippen LogP contribution in [0.5, 0.6) is 5.75 Å². The molecule has 1 N–H and O–H groups in total. The van der Waals surface area contributed by atoms with Crippen molar-refractivity contribution in [3.63, 3.8) is 0 Å². The van der Waals surface area contributed by atoms with Crippen LogP contribution in [-0.2, 0) is 30.8 Å². The molecule has 0 radical (unpaired) electrons. The molecule has 0 heterocycles. The molecule has 0 saturated heterocycles. The first kappa shape index (κ1) is 23.3. The van der Waals surface area contributed by atoms with Crippen molar-refractivity contribution in [1.29, 1.82) is 0 Å². The van der Waals surface area contributed by atoms with Gasteiger partial charge in [0.05, 0.1) is 32.0 Å². The average molecular weight is 437 g/mol. The fourth-order valence-corrected chi connectivity index (χ4v) is 3.71. The topological polar surface area (TPSA) is 117 Å². The summed E-state index contributed by atoms with van der Waals surface area (Å²) in [7, 11) is 0.122. The van der Waals surface area contributed by atoms with Gasteiger partial charge in [-0.25, -0.2) is 22.7 Å². The molecule has 2 aromatic carbocycles. The van der Waals surface area contributed by atoms with E-state index in [0.717, 1.165) is 0 Å². The Morgan fingerprint density at radius 2 is 1.70 bits per heavy atom. The fraction of sp³-hybridized carbons (Fsp3) is 0.300. The molecule has 0 spiro atoms. The molecular weight excluding hydrogens is 414 g/mol. The van der Waals surface area contributed by atoms with Crippen molar-refractivity contribution in [2.45, 2.75) is 11.5 Å². The molecule has 0 aromatic heterocycles. The minimum absolute atomic E-state index is 0.0343. The number of hydrogen-bond donors (Lipinski definition) is 1. The highest BCUT2D eigenvalue weighted by atomic mass is 32.2. The van der Waals surface area contributed by atoms with Gasteiger partial charge in [-0.1, -0.05) is 12.1 Å². The van der Waals surface area contributed by atoms with Crippen LogP contribution in [0.2, 0.25) is 0 Å². The molecule has 0 saturated carbocycles. The number of methoxy groups -OCH3 is 3. The van der Waals surface area contributed by atoms with Gasteiger partial charge in [-0.3, -0.25) is 0 Å². The molecule has 2 aromatic rings. The zero-order chi connectivity index (χ0) is 22.1. The van der Waals surface area contributed by atoms with E-state index in [2.05, 4.69) is 9.46 Å². The SMILES string of the molecule is COCCNS(=O)(=O)c1cc(C(=O)OCc2cccc(C(=O)OC)c2)ccc1OC. The van der Waals surface area contributed by atoms with Gasteiger partial charge in [0, 0.05) is 13.7 Å². The number of benzene rings is 2. The van der Waals surface area contributed by atoms with E-state index in [1.807, 2.05) is 0 Å². The second-order valence-corrected chi connectivity index (χ2v) is 7.76. The zero-order valence-corrected chi connectivity index (χ0v) is 17.7. The Bertz CT molecular complexity index is 1000. The van der Waals surface area contributed by atoms with Crippen LogP contribution >= 0.6 is 0 Å². The summed E-state index contributed by atoms with van der Waals surface area (Å²) in [6.45, 7) is 0.144. The molecule has 0 bridgehead atoms. The maximum absolute atomic E-state index is 12.5. The fourth-order valence-electron chi connectivity index (χ4n) is 2.51. The third kappa shape index (κ3) is 6.02. The number of carbonyl (C=O) groups excluding carboxylic acids is 2. The van der Waals surface area contributed by atoms with E-state index in [1.165, 1.54) is 39.5 Å². The molecule has 2 rings (SSSR count). The number of sulfonamides is 1. The summed E-state index contributed by atoms with van der Waals surface area (Å²) in [5, 5.41) is 0. The largest absolute Gasteiger partial charge is 0.495 e. The number of rotatable bonds is 10. The smallest absolute Gasteiger partial charge is 0.338 e. The lowest BCUT2D eigenvalue weighted by Crippen LogP contribution is -2.27. The third-order valence-corrected chi connectivity index (χ3v) is 5.49. The van der Waals surface area contributed by atoms with Gasteiger partial charge in [-0.2, -0.15) is 0 Å². The Morgan fingerprint density at radius 3 is 2.37 bits per heavy atom. The summed E-state index contributed by atoms with van der Waals surface area (Å²) in [6, 6.07) is 10.4. The molecule has 0 fully saturated rings. The minimum Gasteiger partial charge on any atom is -0.495 e. The standard InChI is InChI=1S/C20H23NO8S/c1-26-10-9-21-30(24,25)18-12-16(7-8-17(18)27-2)20(23)29-13-14-5-4-6-15(11-14)19(22)28-3/h4-8,11-12,21H,9-10,13H2,1-3H3. The Hall–Kier alpha value is -2.95. The highest BCUT2D eigenvalue weighted by molar-refractivity contribution is 7.89. The molecular formula is C20H23NO8S. The first-order valence-corrected chi connectivity index (χ1v) is 10.3. The molecule has 0 amide bonds. The van der Waals surface area contributed by atoms with Gasteiger partial charge in [0.1, 0.15) is 17.3 Å². The molecule has 162 valence electrons. The highest BCUT2D eigenvalue weighted by Crippen LogP contribution is 2.25. The highest BCUT2D eigenvalue weighted by Gasteiger charge is 2.22. The first-order chi connectivity index (χ1) is 14.3. The number of hydrogen-bond acceptors (Lipinski definition) is 8. The van der Waals surface area contributed by atoms with Crippen molar-refractivity contribution < 1.29 is 37.0 Å².